The Morgan fingerprint density at radius 2 is 1.62 bits per heavy atom. The average Bonchev–Trinajstić information content (AvgIpc) is 3.18. The van der Waals surface area contributed by atoms with E-state index in [1.54, 1.807) is 13.0 Å². The Morgan fingerprint density at radius 3 is 2.28 bits per heavy atom. The number of cyclic esters (lactones) is 1. The zero-order valence-corrected chi connectivity index (χ0v) is 18.8. The zero-order valence-electron chi connectivity index (χ0n) is 18.8. The highest BCUT2D eigenvalue weighted by atomic mass is 16.5. The number of aliphatic hydroxyl groups excluding tert-OH is 1. The van der Waals surface area contributed by atoms with E-state index in [2.05, 4.69) is 9.80 Å². The third-order valence-electron chi connectivity index (χ3n) is 8.17. The van der Waals surface area contributed by atoms with Crippen LogP contribution in [0.15, 0.2) is 21.7 Å². The van der Waals surface area contributed by atoms with Crippen LogP contribution >= 0.6 is 0 Å². The van der Waals surface area contributed by atoms with Crippen molar-refractivity contribution in [1.29, 1.82) is 0 Å². The fourth-order valence-electron chi connectivity index (χ4n) is 5.86. The Kier molecular flexibility index (Phi) is 5.21. The zero-order chi connectivity index (χ0) is 22.6. The number of nitrogens with zero attached hydrogens (tertiary/aromatic N) is 2. The lowest BCUT2D eigenvalue weighted by atomic mass is 9.71. The van der Waals surface area contributed by atoms with Crippen molar-refractivity contribution < 1.29 is 14.6 Å². The van der Waals surface area contributed by atoms with Crippen LogP contribution in [0.4, 0.5) is 5.69 Å². The van der Waals surface area contributed by atoms with Crippen LogP contribution in [0.2, 0.25) is 0 Å². The number of anilines is 1. The molecule has 0 saturated carbocycles. The van der Waals surface area contributed by atoms with Crippen molar-refractivity contribution in [3.63, 3.8) is 0 Å². The molecular formula is C25H30N2O5. The van der Waals surface area contributed by atoms with Crippen LogP contribution in [0.5, 0.6) is 0 Å². The van der Waals surface area contributed by atoms with Gasteiger partial charge in [-0.1, -0.05) is 6.07 Å². The van der Waals surface area contributed by atoms with Crippen molar-refractivity contribution in [3.8, 4) is 0 Å². The Bertz CT molecular complexity index is 1130. The van der Waals surface area contributed by atoms with Crippen molar-refractivity contribution in [1.82, 2.24) is 4.90 Å². The van der Waals surface area contributed by atoms with E-state index in [0.717, 1.165) is 68.6 Å². The van der Waals surface area contributed by atoms with Gasteiger partial charge in [0.1, 0.15) is 6.61 Å². The van der Waals surface area contributed by atoms with E-state index in [9.17, 15) is 19.5 Å². The normalized spacial score (nSPS) is 21.7. The Morgan fingerprint density at radius 1 is 0.969 bits per heavy atom. The first-order valence-electron chi connectivity index (χ1n) is 11.5. The summed E-state index contributed by atoms with van der Waals surface area (Å²) in [6.45, 7) is 8.15. The second-order valence-electron chi connectivity index (χ2n) is 9.82. The minimum atomic E-state index is -0.594. The number of likely N-dealkylation sites (tertiary alicyclic amines) is 1. The molecule has 2 aromatic carbocycles. The van der Waals surface area contributed by atoms with E-state index in [0.29, 0.717) is 35.4 Å². The highest BCUT2D eigenvalue weighted by Crippen LogP contribution is 2.42. The molecule has 3 aliphatic rings. The number of carbonyl (C=O) groups is 1. The van der Waals surface area contributed by atoms with Gasteiger partial charge >= 0.3 is 5.97 Å². The number of rotatable bonds is 4. The molecule has 0 radical (unpaired) electrons. The lowest BCUT2D eigenvalue weighted by Gasteiger charge is -2.48. The predicted molar refractivity (Wildman–Crippen MR) is 121 cm³/mol. The van der Waals surface area contributed by atoms with Gasteiger partial charge in [-0.05, 0) is 75.2 Å². The number of piperidine rings is 2. The number of carbonyl (C=O) groups excluding carboxylic acids is 1. The first-order valence-corrected chi connectivity index (χ1v) is 11.5. The summed E-state index contributed by atoms with van der Waals surface area (Å²) in [5, 5.41) is 10.9. The Labute approximate surface area is 187 Å². The summed E-state index contributed by atoms with van der Waals surface area (Å²) in [7, 11) is 0. The third kappa shape index (κ3) is 3.39. The quantitative estimate of drug-likeness (QED) is 0.577. The standard InChI is InChI=1S/C25H30N2O5/c1-15-17(3-4-18-19(15)14-32-24(18)31)20(28)13-26-9-5-25(6-10-26)7-11-27(12-8-25)21-16(2)22(29)23(21)30/h3-4,20,28H,5-14H2,1-2H3/t20-/m1/s1. The molecule has 2 saturated heterocycles. The molecule has 3 aliphatic heterocycles. The first-order chi connectivity index (χ1) is 15.3. The van der Waals surface area contributed by atoms with Crippen LogP contribution < -0.4 is 15.8 Å². The van der Waals surface area contributed by atoms with Gasteiger partial charge in [0.2, 0.25) is 10.9 Å². The number of esters is 1. The maximum Gasteiger partial charge on any atom is 0.338 e. The van der Waals surface area contributed by atoms with Crippen LogP contribution in [0, 0.1) is 19.3 Å². The molecule has 170 valence electrons. The molecule has 32 heavy (non-hydrogen) atoms. The maximum atomic E-state index is 11.9. The van der Waals surface area contributed by atoms with Gasteiger partial charge < -0.3 is 19.6 Å². The minimum absolute atomic E-state index is 0.281. The van der Waals surface area contributed by atoms with Crippen LogP contribution in [-0.2, 0) is 11.3 Å². The van der Waals surface area contributed by atoms with Crippen molar-refractivity contribution >= 4 is 11.7 Å². The lowest BCUT2D eigenvalue weighted by molar-refractivity contribution is 0.0447. The Hall–Kier alpha value is -2.51. The van der Waals surface area contributed by atoms with Crippen LogP contribution in [0.3, 0.4) is 0 Å². The van der Waals surface area contributed by atoms with Gasteiger partial charge in [0, 0.05) is 30.8 Å². The monoisotopic (exact) mass is 438 g/mol. The largest absolute Gasteiger partial charge is 0.457 e. The number of benzene rings is 1. The van der Waals surface area contributed by atoms with Gasteiger partial charge in [0.25, 0.3) is 0 Å². The van der Waals surface area contributed by atoms with Gasteiger partial charge in [-0.3, -0.25) is 9.59 Å². The van der Waals surface area contributed by atoms with Crippen molar-refractivity contribution in [2.75, 3.05) is 37.6 Å². The van der Waals surface area contributed by atoms with Gasteiger partial charge in [-0.15, -0.1) is 0 Å². The highest BCUT2D eigenvalue weighted by molar-refractivity contribution is 5.93. The molecule has 1 spiro atoms. The number of β-amino-alcohol motifs (C(OH)–C–C–N with tert-alkyl or cyclic N) is 1. The van der Waals surface area contributed by atoms with Gasteiger partial charge in [-0.2, -0.15) is 0 Å². The average molecular weight is 439 g/mol. The number of hydrogen-bond acceptors (Lipinski definition) is 7. The summed E-state index contributed by atoms with van der Waals surface area (Å²) in [4.78, 5) is 39.6. The van der Waals surface area contributed by atoms with Gasteiger partial charge in [0.05, 0.1) is 17.4 Å². The molecule has 1 N–H and O–H groups in total. The summed E-state index contributed by atoms with van der Waals surface area (Å²) in [6.07, 6.45) is 3.66. The third-order valence-corrected chi connectivity index (χ3v) is 8.17. The van der Waals surface area contributed by atoms with E-state index < -0.39 is 6.10 Å². The number of hydrogen-bond donors (Lipinski definition) is 1. The SMILES string of the molecule is Cc1c([C@H](O)CN2CCC3(CC2)CCN(c2c(C)c(=O)c2=O)CC3)ccc2c1COC2=O. The molecule has 7 nitrogen and oxygen atoms in total. The van der Waals surface area contributed by atoms with Crippen LogP contribution in [0.25, 0.3) is 0 Å². The highest BCUT2D eigenvalue weighted by Gasteiger charge is 2.39. The molecule has 3 heterocycles. The van der Waals surface area contributed by atoms with E-state index in [1.807, 2.05) is 13.0 Å². The summed E-state index contributed by atoms with van der Waals surface area (Å²) in [5.41, 5.74) is 4.25. The molecule has 0 unspecified atom stereocenters. The van der Waals surface area contributed by atoms with Gasteiger partial charge in [-0.25, -0.2) is 4.79 Å². The molecular weight excluding hydrogens is 408 g/mol. The number of aliphatic hydroxyl groups is 1. The van der Waals surface area contributed by atoms with E-state index in [4.69, 9.17) is 4.74 Å². The molecule has 0 amide bonds. The summed E-state index contributed by atoms with van der Waals surface area (Å²) in [5.74, 6) is -0.281. The molecule has 5 rings (SSSR count). The second-order valence-corrected chi connectivity index (χ2v) is 9.82. The van der Waals surface area contributed by atoms with Gasteiger partial charge in [0.15, 0.2) is 0 Å². The van der Waals surface area contributed by atoms with Crippen molar-refractivity contribution in [3.05, 3.63) is 60.4 Å². The smallest absolute Gasteiger partial charge is 0.338 e. The maximum absolute atomic E-state index is 11.9. The van der Waals surface area contributed by atoms with Crippen LogP contribution in [0.1, 0.15) is 64.4 Å². The lowest BCUT2D eigenvalue weighted by Crippen LogP contribution is -2.50. The second kappa shape index (κ2) is 7.81. The fourth-order valence-corrected chi connectivity index (χ4v) is 5.86. The van der Waals surface area contributed by atoms with Crippen molar-refractivity contribution in [2.45, 2.75) is 52.2 Å². The molecule has 0 aliphatic carbocycles. The van der Waals surface area contributed by atoms with E-state index in [1.165, 1.54) is 0 Å². The number of ether oxygens (including phenoxy) is 1. The predicted octanol–water partition coefficient (Wildman–Crippen LogP) is 1.99. The fraction of sp³-hybridized carbons (Fsp3) is 0.560. The number of fused-ring (bicyclic) bond motifs is 1. The molecule has 2 fully saturated rings. The molecule has 0 aromatic heterocycles. The van der Waals surface area contributed by atoms with Crippen LogP contribution in [-0.4, -0.2) is 48.7 Å². The molecule has 0 bridgehead atoms. The minimum Gasteiger partial charge on any atom is -0.457 e. The van der Waals surface area contributed by atoms with Crippen molar-refractivity contribution in [2.24, 2.45) is 5.41 Å². The molecule has 2 aromatic rings. The van der Waals surface area contributed by atoms with E-state index >= 15 is 0 Å². The first kappa shape index (κ1) is 21.3. The summed E-state index contributed by atoms with van der Waals surface area (Å²) >= 11 is 0. The Balaban J connectivity index is 1.17. The summed E-state index contributed by atoms with van der Waals surface area (Å²) < 4.78 is 5.13. The molecule has 1 atom stereocenters. The topological polar surface area (TPSA) is 87.2 Å². The van der Waals surface area contributed by atoms with E-state index in [-0.39, 0.29) is 16.8 Å². The molecule has 7 heteroatoms. The summed E-state index contributed by atoms with van der Waals surface area (Å²) in [6, 6.07) is 3.63.